The molecule has 3 heterocycles. The van der Waals surface area contributed by atoms with Crippen LogP contribution in [0.4, 0.5) is 0 Å². The average molecular weight is 413 g/mol. The Morgan fingerprint density at radius 3 is 2.37 bits per heavy atom. The SMILES string of the molecule is COc1ccc([C@@H]2c3cc4c(cc3O[C@H](N3CCOCC3)[C@@H]2C)OCO4)cc1OC. The normalized spacial score (nSPS) is 25.4. The van der Waals surface area contributed by atoms with Gasteiger partial charge in [0, 0.05) is 36.6 Å². The molecule has 0 radical (unpaired) electrons. The lowest BCUT2D eigenvalue weighted by Gasteiger charge is -2.44. The van der Waals surface area contributed by atoms with Crippen molar-refractivity contribution >= 4 is 0 Å². The van der Waals surface area contributed by atoms with Crippen LogP contribution in [0.15, 0.2) is 30.3 Å². The van der Waals surface area contributed by atoms with Gasteiger partial charge in [-0.05, 0) is 23.8 Å². The van der Waals surface area contributed by atoms with E-state index in [4.69, 9.17) is 28.4 Å². The van der Waals surface area contributed by atoms with Gasteiger partial charge in [-0.3, -0.25) is 4.90 Å². The largest absolute Gasteiger partial charge is 0.493 e. The summed E-state index contributed by atoms with van der Waals surface area (Å²) in [6.45, 7) is 5.64. The van der Waals surface area contributed by atoms with E-state index in [-0.39, 0.29) is 24.9 Å². The first-order valence-electron chi connectivity index (χ1n) is 10.3. The van der Waals surface area contributed by atoms with Gasteiger partial charge in [-0.15, -0.1) is 0 Å². The lowest BCUT2D eigenvalue weighted by Crippen LogP contribution is -2.52. The van der Waals surface area contributed by atoms with Gasteiger partial charge in [0.25, 0.3) is 0 Å². The number of ether oxygens (including phenoxy) is 6. The van der Waals surface area contributed by atoms with Crippen LogP contribution >= 0.6 is 0 Å². The minimum absolute atomic E-state index is 0.0557. The van der Waals surface area contributed by atoms with Crippen molar-refractivity contribution in [2.45, 2.75) is 19.1 Å². The van der Waals surface area contributed by atoms with Crippen molar-refractivity contribution in [2.75, 3.05) is 47.3 Å². The first-order valence-corrected chi connectivity index (χ1v) is 10.3. The van der Waals surface area contributed by atoms with Gasteiger partial charge in [0.05, 0.1) is 27.4 Å². The summed E-state index contributed by atoms with van der Waals surface area (Å²) in [6.07, 6.45) is -0.0557. The number of benzene rings is 2. The predicted molar refractivity (Wildman–Crippen MR) is 110 cm³/mol. The Bertz CT molecular complexity index is 926. The van der Waals surface area contributed by atoms with E-state index >= 15 is 0 Å². The van der Waals surface area contributed by atoms with Crippen molar-refractivity contribution in [3.8, 4) is 28.7 Å². The van der Waals surface area contributed by atoms with Crippen molar-refractivity contribution in [3.63, 3.8) is 0 Å². The Hall–Kier alpha value is -2.64. The molecule has 7 nitrogen and oxygen atoms in total. The Kier molecular flexibility index (Phi) is 5.08. The first-order chi connectivity index (χ1) is 14.7. The Labute approximate surface area is 176 Å². The van der Waals surface area contributed by atoms with E-state index < -0.39 is 0 Å². The smallest absolute Gasteiger partial charge is 0.231 e. The highest BCUT2D eigenvalue weighted by Crippen LogP contribution is 2.50. The lowest BCUT2D eigenvalue weighted by molar-refractivity contribution is -0.0784. The number of nitrogens with zero attached hydrogens (tertiary/aromatic N) is 1. The van der Waals surface area contributed by atoms with Crippen molar-refractivity contribution in [2.24, 2.45) is 5.92 Å². The zero-order chi connectivity index (χ0) is 20.7. The van der Waals surface area contributed by atoms with Crippen LogP contribution in [-0.4, -0.2) is 58.4 Å². The lowest BCUT2D eigenvalue weighted by atomic mass is 9.78. The standard InChI is InChI=1S/C23H27NO6/c1-14-22(15-4-5-17(25-2)19(10-15)26-3)16-11-20-21(29-13-28-20)12-18(16)30-23(14)24-6-8-27-9-7-24/h4-5,10-12,14,22-23H,6-9,13H2,1-3H3/t14-,22-,23+/m1/s1. The summed E-state index contributed by atoms with van der Waals surface area (Å²) in [5, 5.41) is 0. The second-order valence-corrected chi connectivity index (χ2v) is 7.85. The molecule has 0 amide bonds. The zero-order valence-electron chi connectivity index (χ0n) is 17.6. The van der Waals surface area contributed by atoms with Crippen molar-refractivity contribution < 1.29 is 28.4 Å². The van der Waals surface area contributed by atoms with E-state index in [0.29, 0.717) is 0 Å². The second-order valence-electron chi connectivity index (χ2n) is 7.85. The molecule has 2 aromatic carbocycles. The van der Waals surface area contributed by atoms with E-state index in [1.54, 1.807) is 14.2 Å². The molecule has 30 heavy (non-hydrogen) atoms. The number of rotatable bonds is 4. The molecule has 0 aromatic heterocycles. The van der Waals surface area contributed by atoms with E-state index in [0.717, 1.165) is 66.2 Å². The van der Waals surface area contributed by atoms with Crippen LogP contribution in [0.2, 0.25) is 0 Å². The summed E-state index contributed by atoms with van der Waals surface area (Å²) in [6, 6.07) is 10.2. The molecule has 1 fully saturated rings. The number of fused-ring (bicyclic) bond motifs is 2. The van der Waals surface area contributed by atoms with Crippen LogP contribution in [0.3, 0.4) is 0 Å². The van der Waals surface area contributed by atoms with Crippen LogP contribution in [0.25, 0.3) is 0 Å². The van der Waals surface area contributed by atoms with E-state index in [2.05, 4.69) is 30.0 Å². The molecule has 7 heteroatoms. The van der Waals surface area contributed by atoms with Crippen LogP contribution in [0, 0.1) is 5.92 Å². The Balaban J connectivity index is 1.60. The maximum absolute atomic E-state index is 6.54. The molecular formula is C23H27NO6. The van der Waals surface area contributed by atoms with Gasteiger partial charge < -0.3 is 28.4 Å². The van der Waals surface area contributed by atoms with Crippen molar-refractivity contribution in [1.82, 2.24) is 4.90 Å². The second kappa shape index (κ2) is 7.89. The molecule has 0 spiro atoms. The summed E-state index contributed by atoms with van der Waals surface area (Å²) in [5.74, 6) is 4.09. The fourth-order valence-electron chi connectivity index (χ4n) is 4.74. The highest BCUT2D eigenvalue weighted by molar-refractivity contribution is 5.57. The predicted octanol–water partition coefficient (Wildman–Crippen LogP) is 3.25. The highest BCUT2D eigenvalue weighted by Gasteiger charge is 2.41. The minimum atomic E-state index is -0.0557. The molecule has 5 rings (SSSR count). The topological polar surface area (TPSA) is 58.6 Å². The molecule has 1 saturated heterocycles. The Morgan fingerprint density at radius 1 is 0.900 bits per heavy atom. The summed E-state index contributed by atoms with van der Waals surface area (Å²) < 4.78 is 34.4. The quantitative estimate of drug-likeness (QED) is 0.763. The molecule has 0 unspecified atom stereocenters. The molecule has 0 aliphatic carbocycles. The number of hydrogen-bond acceptors (Lipinski definition) is 7. The van der Waals surface area contributed by atoms with Gasteiger partial charge >= 0.3 is 0 Å². The highest BCUT2D eigenvalue weighted by atomic mass is 16.7. The monoisotopic (exact) mass is 413 g/mol. The van der Waals surface area contributed by atoms with Gasteiger partial charge in [0.15, 0.2) is 29.2 Å². The van der Waals surface area contributed by atoms with E-state index in [9.17, 15) is 0 Å². The van der Waals surface area contributed by atoms with Gasteiger partial charge in [-0.2, -0.15) is 0 Å². The molecule has 2 aromatic rings. The maximum Gasteiger partial charge on any atom is 0.231 e. The molecule has 3 aliphatic heterocycles. The fourth-order valence-corrected chi connectivity index (χ4v) is 4.74. The summed E-state index contributed by atoms with van der Waals surface area (Å²) in [5.41, 5.74) is 2.25. The zero-order valence-corrected chi connectivity index (χ0v) is 17.6. The molecular weight excluding hydrogens is 386 g/mol. The molecule has 0 N–H and O–H groups in total. The van der Waals surface area contributed by atoms with Crippen LogP contribution < -0.4 is 23.7 Å². The number of methoxy groups -OCH3 is 2. The third-order valence-electron chi connectivity index (χ3n) is 6.24. The maximum atomic E-state index is 6.54. The number of morpholine rings is 1. The summed E-state index contributed by atoms with van der Waals surface area (Å²) in [4.78, 5) is 2.37. The molecule has 3 aliphatic rings. The summed E-state index contributed by atoms with van der Waals surface area (Å²) in [7, 11) is 3.32. The van der Waals surface area contributed by atoms with Crippen LogP contribution in [0.5, 0.6) is 28.7 Å². The molecule has 0 saturated carbocycles. The molecule has 3 atom stereocenters. The first kappa shape index (κ1) is 19.3. The van der Waals surface area contributed by atoms with Crippen LogP contribution in [-0.2, 0) is 4.74 Å². The van der Waals surface area contributed by atoms with Crippen molar-refractivity contribution in [1.29, 1.82) is 0 Å². The third-order valence-corrected chi connectivity index (χ3v) is 6.24. The molecule has 160 valence electrons. The third kappa shape index (κ3) is 3.22. The fraction of sp³-hybridized carbons (Fsp3) is 0.478. The Morgan fingerprint density at radius 2 is 1.63 bits per heavy atom. The van der Waals surface area contributed by atoms with Gasteiger partial charge in [-0.25, -0.2) is 0 Å². The molecule has 0 bridgehead atoms. The van der Waals surface area contributed by atoms with Crippen molar-refractivity contribution in [3.05, 3.63) is 41.5 Å². The summed E-state index contributed by atoms with van der Waals surface area (Å²) >= 11 is 0. The number of hydrogen-bond donors (Lipinski definition) is 0. The average Bonchev–Trinajstić information content (AvgIpc) is 3.25. The minimum Gasteiger partial charge on any atom is -0.493 e. The van der Waals surface area contributed by atoms with E-state index in [1.807, 2.05) is 12.1 Å². The van der Waals surface area contributed by atoms with Gasteiger partial charge in [-0.1, -0.05) is 13.0 Å². The van der Waals surface area contributed by atoms with Crippen LogP contribution in [0.1, 0.15) is 24.0 Å². The van der Waals surface area contributed by atoms with Gasteiger partial charge in [0.2, 0.25) is 6.79 Å². The van der Waals surface area contributed by atoms with E-state index in [1.165, 1.54) is 0 Å². The van der Waals surface area contributed by atoms with Gasteiger partial charge in [0.1, 0.15) is 5.75 Å².